The highest BCUT2D eigenvalue weighted by molar-refractivity contribution is 7.94. The van der Waals surface area contributed by atoms with Crippen molar-refractivity contribution in [2.75, 3.05) is 0 Å². The molecule has 3 heterocycles. The number of pyridine rings is 1. The molecule has 1 aromatic heterocycles. The summed E-state index contributed by atoms with van der Waals surface area (Å²) in [7, 11) is -3.87. The zero-order valence-corrected chi connectivity index (χ0v) is 20.6. The SMILES string of the molecule is C[C@]1(C=CC[n+]2ccccc2)[C@H](C(=O)OC(c2ccccc2)c2ccccc2)N2C(=O)C[C@H]2S1(=O)=O. The van der Waals surface area contributed by atoms with E-state index in [9.17, 15) is 18.0 Å². The predicted octanol–water partition coefficient (Wildman–Crippen LogP) is 2.98. The molecule has 2 aliphatic rings. The molecule has 36 heavy (non-hydrogen) atoms. The summed E-state index contributed by atoms with van der Waals surface area (Å²) < 4.78 is 33.4. The van der Waals surface area contributed by atoms with E-state index in [1.165, 1.54) is 11.8 Å². The van der Waals surface area contributed by atoms with E-state index in [4.69, 9.17) is 4.74 Å². The van der Waals surface area contributed by atoms with Crippen LogP contribution in [0.5, 0.6) is 0 Å². The third-order valence-electron chi connectivity index (χ3n) is 6.94. The van der Waals surface area contributed by atoms with Gasteiger partial charge < -0.3 is 9.64 Å². The lowest BCUT2D eigenvalue weighted by Gasteiger charge is -2.36. The monoisotopic (exact) mass is 503 g/mol. The van der Waals surface area contributed by atoms with Gasteiger partial charge in [0.2, 0.25) is 5.91 Å². The summed E-state index contributed by atoms with van der Waals surface area (Å²) >= 11 is 0. The number of hydrogen-bond acceptors (Lipinski definition) is 5. The summed E-state index contributed by atoms with van der Waals surface area (Å²) in [5.41, 5.74) is 1.50. The van der Waals surface area contributed by atoms with Gasteiger partial charge in [0, 0.05) is 12.1 Å². The Morgan fingerprint density at radius 2 is 1.58 bits per heavy atom. The molecule has 0 bridgehead atoms. The normalized spacial score (nSPS) is 24.5. The summed E-state index contributed by atoms with van der Waals surface area (Å²) in [5.74, 6) is -1.11. The summed E-state index contributed by atoms with van der Waals surface area (Å²) in [6.45, 7) is 1.93. The molecule has 7 nitrogen and oxygen atoms in total. The number of hydrogen-bond donors (Lipinski definition) is 0. The minimum atomic E-state index is -3.87. The van der Waals surface area contributed by atoms with Gasteiger partial charge in [0.1, 0.15) is 10.1 Å². The molecular weight excluding hydrogens is 476 g/mol. The number of rotatable bonds is 7. The minimum Gasteiger partial charge on any atom is -0.451 e. The maximum atomic E-state index is 13.8. The highest BCUT2D eigenvalue weighted by Crippen LogP contribution is 2.47. The van der Waals surface area contributed by atoms with E-state index in [1.54, 1.807) is 12.2 Å². The van der Waals surface area contributed by atoms with Gasteiger partial charge in [-0.2, -0.15) is 0 Å². The third kappa shape index (κ3) is 4.01. The highest BCUT2D eigenvalue weighted by atomic mass is 32.2. The molecule has 3 aromatic rings. The van der Waals surface area contributed by atoms with Crippen LogP contribution in [-0.2, 0) is 30.7 Å². The number of sulfone groups is 1. The number of ether oxygens (including phenoxy) is 1. The van der Waals surface area contributed by atoms with E-state index in [0.29, 0.717) is 6.54 Å². The van der Waals surface area contributed by atoms with Crippen LogP contribution in [0, 0.1) is 0 Å². The number of amides is 1. The smallest absolute Gasteiger partial charge is 0.331 e. The van der Waals surface area contributed by atoms with Crippen molar-refractivity contribution in [1.82, 2.24) is 4.90 Å². The van der Waals surface area contributed by atoms with E-state index < -0.39 is 38.1 Å². The van der Waals surface area contributed by atoms with Gasteiger partial charge in [0.05, 0.1) is 6.42 Å². The third-order valence-corrected chi connectivity index (χ3v) is 9.64. The van der Waals surface area contributed by atoms with Crippen LogP contribution in [0.2, 0.25) is 0 Å². The number of fused-ring (bicyclic) bond motifs is 1. The van der Waals surface area contributed by atoms with Gasteiger partial charge in [0.15, 0.2) is 40.9 Å². The molecule has 8 heteroatoms. The van der Waals surface area contributed by atoms with E-state index in [-0.39, 0.29) is 12.3 Å². The number of aromatic nitrogens is 1. The molecule has 2 fully saturated rings. The molecule has 3 atom stereocenters. The molecule has 184 valence electrons. The van der Waals surface area contributed by atoms with Crippen LogP contribution in [0.25, 0.3) is 0 Å². The van der Waals surface area contributed by atoms with Crippen LogP contribution >= 0.6 is 0 Å². The second-order valence-corrected chi connectivity index (χ2v) is 11.7. The van der Waals surface area contributed by atoms with Gasteiger partial charge >= 0.3 is 5.97 Å². The zero-order valence-electron chi connectivity index (χ0n) is 19.8. The van der Waals surface area contributed by atoms with E-state index in [1.807, 2.05) is 95.8 Å². The van der Waals surface area contributed by atoms with Crippen molar-refractivity contribution in [3.05, 3.63) is 115 Å². The summed E-state index contributed by atoms with van der Waals surface area (Å²) in [5, 5.41) is -1.02. The van der Waals surface area contributed by atoms with Gasteiger partial charge in [-0.3, -0.25) is 4.79 Å². The van der Waals surface area contributed by atoms with Crippen molar-refractivity contribution in [1.29, 1.82) is 0 Å². The zero-order chi connectivity index (χ0) is 25.3. The number of carbonyl (C=O) groups is 2. The number of allylic oxidation sites excluding steroid dienone is 1. The largest absolute Gasteiger partial charge is 0.451 e. The fourth-order valence-corrected chi connectivity index (χ4v) is 7.25. The topological polar surface area (TPSA) is 84.6 Å². The van der Waals surface area contributed by atoms with Crippen molar-refractivity contribution >= 4 is 21.7 Å². The van der Waals surface area contributed by atoms with E-state index >= 15 is 0 Å². The molecule has 1 amide bonds. The summed E-state index contributed by atoms with van der Waals surface area (Å²) in [6.07, 6.45) is 6.13. The van der Waals surface area contributed by atoms with Gasteiger partial charge in [-0.05, 0) is 24.1 Å². The van der Waals surface area contributed by atoms with E-state index in [0.717, 1.165) is 11.1 Å². The Morgan fingerprint density at radius 3 is 2.14 bits per heavy atom. The van der Waals surface area contributed by atoms with Crippen molar-refractivity contribution in [3.63, 3.8) is 0 Å². The van der Waals surface area contributed by atoms with Crippen molar-refractivity contribution in [2.45, 2.75) is 42.2 Å². The number of nitrogens with zero attached hydrogens (tertiary/aromatic N) is 2. The van der Waals surface area contributed by atoms with Crippen LogP contribution in [0.1, 0.15) is 30.6 Å². The molecule has 0 spiro atoms. The van der Waals surface area contributed by atoms with Crippen LogP contribution in [0.3, 0.4) is 0 Å². The number of carbonyl (C=O) groups excluding carboxylic acids is 2. The molecule has 0 radical (unpaired) electrons. The average Bonchev–Trinajstić information content (AvgIpc) is 3.03. The van der Waals surface area contributed by atoms with Crippen molar-refractivity contribution in [3.8, 4) is 0 Å². The maximum absolute atomic E-state index is 13.8. The lowest BCUT2D eigenvalue weighted by atomic mass is 9.95. The molecule has 0 saturated carbocycles. The Morgan fingerprint density at radius 1 is 1.03 bits per heavy atom. The first-order valence-electron chi connectivity index (χ1n) is 11.8. The number of benzene rings is 2. The van der Waals surface area contributed by atoms with Crippen LogP contribution in [0.15, 0.2) is 103 Å². The average molecular weight is 504 g/mol. The van der Waals surface area contributed by atoms with Gasteiger partial charge in [-0.25, -0.2) is 17.8 Å². The molecule has 5 rings (SSSR count). The summed E-state index contributed by atoms with van der Waals surface area (Å²) in [6, 6.07) is 22.9. The first kappa shape index (κ1) is 23.9. The fourth-order valence-electron chi connectivity index (χ4n) is 4.96. The highest BCUT2D eigenvalue weighted by Gasteiger charge is 2.69. The first-order valence-corrected chi connectivity index (χ1v) is 13.3. The molecule has 2 saturated heterocycles. The second kappa shape index (κ2) is 9.35. The van der Waals surface area contributed by atoms with Crippen LogP contribution < -0.4 is 4.57 Å². The quantitative estimate of drug-likeness (QED) is 0.214. The Kier molecular flexibility index (Phi) is 6.22. The van der Waals surface area contributed by atoms with Crippen LogP contribution in [-0.4, -0.2) is 41.4 Å². The molecule has 0 aliphatic carbocycles. The minimum absolute atomic E-state index is 0.121. The predicted molar refractivity (Wildman–Crippen MR) is 133 cm³/mol. The Hall–Kier alpha value is -3.78. The molecular formula is C28H27N2O5S+. The Bertz CT molecular complexity index is 1350. The van der Waals surface area contributed by atoms with Crippen molar-refractivity contribution < 1.29 is 27.3 Å². The Labute approximate surface area is 210 Å². The summed E-state index contributed by atoms with van der Waals surface area (Å²) in [4.78, 5) is 27.5. The molecule has 2 aromatic carbocycles. The standard InChI is InChI=1S/C28H27N2O5S/c1-28(16-11-19-29-17-9-4-10-18-29)26(30-23(31)20-24(30)36(28,33)34)27(32)35-25(21-12-5-2-6-13-21)22-14-7-3-8-15-22/h2-18,24-26H,19-20H2,1H3/q+1/t24-,26+,28+/m1/s1. The van der Waals surface area contributed by atoms with Crippen LogP contribution in [0.4, 0.5) is 0 Å². The lowest BCUT2D eigenvalue weighted by molar-refractivity contribution is -0.687. The van der Waals surface area contributed by atoms with Gasteiger partial charge in [-0.1, -0.05) is 72.8 Å². The van der Waals surface area contributed by atoms with Gasteiger partial charge in [-0.15, -0.1) is 0 Å². The molecule has 2 aliphatic heterocycles. The maximum Gasteiger partial charge on any atom is 0.331 e. The fraction of sp³-hybridized carbons (Fsp3) is 0.250. The second-order valence-electron chi connectivity index (χ2n) is 9.20. The first-order chi connectivity index (χ1) is 17.3. The number of esters is 1. The van der Waals surface area contributed by atoms with Gasteiger partial charge in [0.25, 0.3) is 0 Å². The molecule has 0 N–H and O–H groups in total. The Balaban J connectivity index is 1.49. The number of β-lactam (4-membered cyclic amide) rings is 1. The van der Waals surface area contributed by atoms with E-state index in [2.05, 4.69) is 0 Å². The van der Waals surface area contributed by atoms with Crippen molar-refractivity contribution in [2.24, 2.45) is 0 Å². The lowest BCUT2D eigenvalue weighted by Crippen LogP contribution is -2.57. The molecule has 0 unspecified atom stereocenters.